The Morgan fingerprint density at radius 3 is 2.21 bits per heavy atom. The number of hydrogen-bond donors (Lipinski definition) is 3. The molecule has 1 saturated carbocycles. The summed E-state index contributed by atoms with van der Waals surface area (Å²) >= 11 is 0. The third-order valence-corrected chi connectivity index (χ3v) is 3.27. The maximum absolute atomic E-state index is 11.5. The quantitative estimate of drug-likeness (QED) is 0.779. The second-order valence-corrected chi connectivity index (χ2v) is 5.22. The first-order valence-electron chi connectivity index (χ1n) is 6.35. The van der Waals surface area contributed by atoms with Gasteiger partial charge in [-0.3, -0.25) is 4.79 Å². The Labute approximate surface area is 112 Å². The molecule has 2 rings (SSSR count). The van der Waals surface area contributed by atoms with Crippen LogP contribution >= 0.6 is 0 Å². The second kappa shape index (κ2) is 4.91. The Kier molecular flexibility index (Phi) is 3.46. The number of anilines is 1. The van der Waals surface area contributed by atoms with Gasteiger partial charge in [0.15, 0.2) is 0 Å². The van der Waals surface area contributed by atoms with E-state index < -0.39 is 11.4 Å². The molecule has 0 saturated heterocycles. The van der Waals surface area contributed by atoms with E-state index in [9.17, 15) is 14.7 Å². The molecule has 102 valence electrons. The van der Waals surface area contributed by atoms with Crippen LogP contribution < -0.4 is 10.6 Å². The summed E-state index contributed by atoms with van der Waals surface area (Å²) in [6.07, 6.45) is 1.37. The van der Waals surface area contributed by atoms with Crippen LogP contribution in [0.4, 0.5) is 10.5 Å². The van der Waals surface area contributed by atoms with Gasteiger partial charge in [-0.25, -0.2) is 4.79 Å². The molecule has 0 atom stereocenters. The fourth-order valence-electron chi connectivity index (χ4n) is 2.05. The minimum atomic E-state index is -0.772. The van der Waals surface area contributed by atoms with Crippen LogP contribution in [0.15, 0.2) is 24.3 Å². The zero-order valence-electron chi connectivity index (χ0n) is 11.1. The molecular weight excluding hydrogens is 244 g/mol. The predicted octanol–water partition coefficient (Wildman–Crippen LogP) is 2.33. The first kappa shape index (κ1) is 13.4. The topological polar surface area (TPSA) is 78.4 Å². The van der Waals surface area contributed by atoms with Gasteiger partial charge in [-0.15, -0.1) is 0 Å². The van der Waals surface area contributed by atoms with Gasteiger partial charge in [0.2, 0.25) is 0 Å². The molecule has 5 heteroatoms. The van der Waals surface area contributed by atoms with Crippen molar-refractivity contribution in [3.05, 3.63) is 29.8 Å². The Morgan fingerprint density at radius 2 is 1.79 bits per heavy atom. The number of amides is 2. The van der Waals surface area contributed by atoms with Gasteiger partial charge in [-0.1, -0.05) is 12.1 Å². The van der Waals surface area contributed by atoms with E-state index in [0.717, 1.165) is 5.56 Å². The van der Waals surface area contributed by atoms with Crippen LogP contribution in [0.5, 0.6) is 0 Å². The molecule has 2 amide bonds. The van der Waals surface area contributed by atoms with E-state index in [4.69, 9.17) is 0 Å². The van der Waals surface area contributed by atoms with Crippen LogP contribution in [-0.4, -0.2) is 23.1 Å². The van der Waals surface area contributed by atoms with Crippen LogP contribution in [-0.2, 0) is 10.2 Å². The average Bonchev–Trinajstić information content (AvgIpc) is 3.09. The fourth-order valence-corrected chi connectivity index (χ4v) is 2.05. The lowest BCUT2D eigenvalue weighted by Gasteiger charge is -2.12. The molecule has 3 N–H and O–H groups in total. The maximum Gasteiger partial charge on any atom is 0.319 e. The summed E-state index contributed by atoms with van der Waals surface area (Å²) in [6, 6.07) is 6.82. The lowest BCUT2D eigenvalue weighted by molar-refractivity contribution is -0.140. The van der Waals surface area contributed by atoms with Crippen molar-refractivity contribution in [3.8, 4) is 0 Å². The summed E-state index contributed by atoms with van der Waals surface area (Å²) in [5.41, 5.74) is 0.761. The van der Waals surface area contributed by atoms with Crippen molar-refractivity contribution in [2.75, 3.05) is 5.32 Å². The van der Waals surface area contributed by atoms with Gasteiger partial charge in [-0.05, 0) is 44.4 Å². The predicted molar refractivity (Wildman–Crippen MR) is 72.3 cm³/mol. The zero-order valence-corrected chi connectivity index (χ0v) is 11.1. The molecule has 1 aromatic rings. The Hall–Kier alpha value is -2.04. The minimum absolute atomic E-state index is 0.0704. The van der Waals surface area contributed by atoms with Gasteiger partial charge in [0.25, 0.3) is 0 Å². The summed E-state index contributed by atoms with van der Waals surface area (Å²) in [7, 11) is 0. The van der Waals surface area contributed by atoms with Crippen molar-refractivity contribution in [1.29, 1.82) is 0 Å². The van der Waals surface area contributed by atoms with E-state index in [1.807, 2.05) is 13.8 Å². The van der Waals surface area contributed by atoms with E-state index in [1.165, 1.54) is 0 Å². The molecule has 1 fully saturated rings. The minimum Gasteiger partial charge on any atom is -0.481 e. The monoisotopic (exact) mass is 262 g/mol. The number of urea groups is 1. The summed E-state index contributed by atoms with van der Waals surface area (Å²) in [5, 5.41) is 14.6. The van der Waals surface area contributed by atoms with Gasteiger partial charge in [0.05, 0.1) is 5.41 Å². The van der Waals surface area contributed by atoms with Crippen molar-refractivity contribution in [1.82, 2.24) is 5.32 Å². The summed E-state index contributed by atoms with van der Waals surface area (Å²) < 4.78 is 0. The number of carboxylic acids is 1. The number of hydrogen-bond acceptors (Lipinski definition) is 2. The van der Waals surface area contributed by atoms with Crippen molar-refractivity contribution < 1.29 is 14.7 Å². The normalized spacial score (nSPS) is 15.9. The van der Waals surface area contributed by atoms with Gasteiger partial charge in [0, 0.05) is 11.7 Å². The van der Waals surface area contributed by atoms with Gasteiger partial charge in [0.1, 0.15) is 0 Å². The molecular formula is C14H18N2O3. The molecule has 0 spiro atoms. The molecule has 0 aromatic heterocycles. The number of aliphatic carboxylic acids is 1. The van der Waals surface area contributed by atoms with Crippen molar-refractivity contribution >= 4 is 17.7 Å². The highest BCUT2D eigenvalue weighted by molar-refractivity contribution is 5.90. The van der Waals surface area contributed by atoms with Crippen LogP contribution in [0, 0.1) is 0 Å². The number of nitrogens with one attached hydrogen (secondary N) is 2. The molecule has 0 radical (unpaired) electrons. The highest BCUT2D eigenvalue weighted by atomic mass is 16.4. The molecule has 5 nitrogen and oxygen atoms in total. The fraction of sp³-hybridized carbons (Fsp3) is 0.429. The van der Waals surface area contributed by atoms with Crippen LogP contribution in [0.1, 0.15) is 32.3 Å². The Bertz CT molecular complexity index is 490. The number of carboxylic acid groups (broad SMARTS) is 1. The smallest absolute Gasteiger partial charge is 0.319 e. The van der Waals surface area contributed by atoms with Gasteiger partial charge in [-0.2, -0.15) is 0 Å². The molecule has 0 bridgehead atoms. The largest absolute Gasteiger partial charge is 0.481 e. The van der Waals surface area contributed by atoms with E-state index in [1.54, 1.807) is 24.3 Å². The zero-order chi connectivity index (χ0) is 14.0. The van der Waals surface area contributed by atoms with Crippen molar-refractivity contribution in [2.45, 2.75) is 38.1 Å². The Morgan fingerprint density at radius 1 is 1.21 bits per heavy atom. The maximum atomic E-state index is 11.5. The highest BCUT2D eigenvalue weighted by Gasteiger charge is 2.51. The second-order valence-electron chi connectivity index (χ2n) is 5.22. The first-order valence-corrected chi connectivity index (χ1v) is 6.35. The third kappa shape index (κ3) is 2.86. The third-order valence-electron chi connectivity index (χ3n) is 3.27. The highest BCUT2D eigenvalue weighted by Crippen LogP contribution is 2.48. The first-order chi connectivity index (χ1) is 8.94. The number of rotatable bonds is 4. The van der Waals surface area contributed by atoms with E-state index in [0.29, 0.717) is 18.5 Å². The van der Waals surface area contributed by atoms with E-state index >= 15 is 0 Å². The molecule has 1 aromatic carbocycles. The van der Waals surface area contributed by atoms with Crippen molar-refractivity contribution in [2.24, 2.45) is 0 Å². The lowest BCUT2D eigenvalue weighted by atomic mass is 9.96. The number of benzene rings is 1. The lowest BCUT2D eigenvalue weighted by Crippen LogP contribution is -2.34. The molecule has 0 unspecified atom stereocenters. The van der Waals surface area contributed by atoms with E-state index in [2.05, 4.69) is 10.6 Å². The van der Waals surface area contributed by atoms with Crippen LogP contribution in [0.3, 0.4) is 0 Å². The number of carbonyl (C=O) groups is 2. The van der Waals surface area contributed by atoms with Gasteiger partial charge < -0.3 is 15.7 Å². The molecule has 19 heavy (non-hydrogen) atoms. The number of carbonyl (C=O) groups excluding carboxylic acids is 1. The van der Waals surface area contributed by atoms with Crippen LogP contribution in [0.2, 0.25) is 0 Å². The SMILES string of the molecule is CC(C)NC(=O)Nc1ccc(C2(C(=O)O)CC2)cc1. The van der Waals surface area contributed by atoms with Crippen molar-refractivity contribution in [3.63, 3.8) is 0 Å². The van der Waals surface area contributed by atoms with Crippen LogP contribution in [0.25, 0.3) is 0 Å². The van der Waals surface area contributed by atoms with Gasteiger partial charge >= 0.3 is 12.0 Å². The molecule has 1 aliphatic rings. The van der Waals surface area contributed by atoms with E-state index in [-0.39, 0.29) is 12.1 Å². The Balaban J connectivity index is 2.03. The summed E-state index contributed by atoms with van der Waals surface area (Å²) in [5.74, 6) is -0.772. The molecule has 1 aliphatic carbocycles. The summed E-state index contributed by atoms with van der Waals surface area (Å²) in [6.45, 7) is 3.76. The standard InChI is InChI=1S/C14H18N2O3/c1-9(2)15-13(19)16-11-5-3-10(4-6-11)14(7-8-14)12(17)18/h3-6,9H,7-8H2,1-2H3,(H,17,18)(H2,15,16,19). The molecule has 0 aliphatic heterocycles. The summed E-state index contributed by atoms with van der Waals surface area (Å²) in [4.78, 5) is 22.7. The average molecular weight is 262 g/mol. The molecule has 0 heterocycles.